The summed E-state index contributed by atoms with van der Waals surface area (Å²) in [5.74, 6) is -0.747. The molecule has 0 unspecified atom stereocenters. The first kappa shape index (κ1) is 17.5. The van der Waals surface area contributed by atoms with Crippen molar-refractivity contribution in [2.24, 2.45) is 5.92 Å². The number of hydrogen-bond acceptors (Lipinski definition) is 2. The number of rotatable bonds is 5. The number of carboxylic acids is 1. The molecule has 2 amide bonds. The van der Waals surface area contributed by atoms with Crippen LogP contribution in [0.4, 0.5) is 10.5 Å². The van der Waals surface area contributed by atoms with Crippen molar-refractivity contribution in [3.63, 3.8) is 0 Å². The summed E-state index contributed by atoms with van der Waals surface area (Å²) >= 11 is 3.28. The Hall–Kier alpha value is -1.56. The standard InChI is InChI=1S/C15H21BrN2O3/c1-9(2)8-18(10(3)4)15(21)17-13-11(14(19)20)6-5-7-12(13)16/h5-7,9-10H,8H2,1-4H3,(H,17,21)(H,19,20). The molecule has 0 fully saturated rings. The minimum atomic E-state index is -1.08. The maximum absolute atomic E-state index is 12.4. The Bertz CT molecular complexity index is 530. The highest BCUT2D eigenvalue weighted by Crippen LogP contribution is 2.27. The number of urea groups is 1. The van der Waals surface area contributed by atoms with Gasteiger partial charge in [0.1, 0.15) is 0 Å². The zero-order valence-electron chi connectivity index (χ0n) is 12.7. The van der Waals surface area contributed by atoms with Gasteiger partial charge in [0.25, 0.3) is 0 Å². The van der Waals surface area contributed by atoms with E-state index in [1.54, 1.807) is 17.0 Å². The molecule has 1 aromatic rings. The fourth-order valence-corrected chi connectivity index (χ4v) is 2.40. The Kier molecular flexibility index (Phi) is 6.20. The number of halogens is 1. The molecule has 0 spiro atoms. The molecule has 0 aliphatic heterocycles. The number of carbonyl (C=O) groups excluding carboxylic acids is 1. The first-order valence-electron chi connectivity index (χ1n) is 6.83. The average Bonchev–Trinajstić information content (AvgIpc) is 2.37. The number of nitrogens with one attached hydrogen (secondary N) is 1. The summed E-state index contributed by atoms with van der Waals surface area (Å²) in [7, 11) is 0. The highest BCUT2D eigenvalue weighted by molar-refractivity contribution is 9.10. The second-order valence-corrected chi connectivity index (χ2v) is 6.39. The van der Waals surface area contributed by atoms with E-state index in [0.29, 0.717) is 16.9 Å². The monoisotopic (exact) mass is 356 g/mol. The number of carboxylic acid groups (broad SMARTS) is 1. The van der Waals surface area contributed by atoms with Crippen LogP contribution < -0.4 is 5.32 Å². The molecule has 1 aromatic carbocycles. The normalized spacial score (nSPS) is 10.8. The second kappa shape index (κ2) is 7.45. The van der Waals surface area contributed by atoms with Gasteiger partial charge in [-0.25, -0.2) is 9.59 Å². The van der Waals surface area contributed by atoms with Crippen molar-refractivity contribution in [3.8, 4) is 0 Å². The molecule has 116 valence electrons. The zero-order valence-corrected chi connectivity index (χ0v) is 14.3. The highest BCUT2D eigenvalue weighted by Gasteiger charge is 2.21. The lowest BCUT2D eigenvalue weighted by atomic mass is 10.1. The van der Waals surface area contributed by atoms with Crippen LogP contribution in [0.25, 0.3) is 0 Å². The Morgan fingerprint density at radius 1 is 1.29 bits per heavy atom. The molecule has 5 nitrogen and oxygen atoms in total. The summed E-state index contributed by atoms with van der Waals surface area (Å²) in [5.41, 5.74) is 0.343. The number of nitrogens with zero attached hydrogens (tertiary/aromatic N) is 1. The number of aromatic carboxylic acids is 1. The molecular formula is C15H21BrN2O3. The molecule has 1 rings (SSSR count). The van der Waals surface area contributed by atoms with Crippen LogP contribution in [-0.2, 0) is 0 Å². The van der Waals surface area contributed by atoms with Crippen LogP contribution in [0.1, 0.15) is 38.1 Å². The van der Waals surface area contributed by atoms with Gasteiger partial charge >= 0.3 is 12.0 Å². The molecule has 0 bridgehead atoms. The van der Waals surface area contributed by atoms with Crippen molar-refractivity contribution >= 4 is 33.6 Å². The Labute approximate surface area is 133 Å². The quantitative estimate of drug-likeness (QED) is 0.835. The number of hydrogen-bond donors (Lipinski definition) is 2. The zero-order chi connectivity index (χ0) is 16.2. The van der Waals surface area contributed by atoms with E-state index in [-0.39, 0.29) is 23.3 Å². The summed E-state index contributed by atoms with van der Waals surface area (Å²) in [6, 6.07) is 4.52. The molecule has 2 N–H and O–H groups in total. The topological polar surface area (TPSA) is 69.6 Å². The molecule has 0 radical (unpaired) electrons. The smallest absolute Gasteiger partial charge is 0.337 e. The van der Waals surface area contributed by atoms with Crippen LogP contribution in [0.15, 0.2) is 22.7 Å². The van der Waals surface area contributed by atoms with Crippen molar-refractivity contribution in [2.75, 3.05) is 11.9 Å². The summed E-state index contributed by atoms with van der Waals surface area (Å²) in [6.45, 7) is 8.53. The summed E-state index contributed by atoms with van der Waals surface area (Å²) in [5, 5.41) is 11.9. The first-order valence-corrected chi connectivity index (χ1v) is 7.62. The Morgan fingerprint density at radius 3 is 2.38 bits per heavy atom. The molecule has 0 aromatic heterocycles. The highest BCUT2D eigenvalue weighted by atomic mass is 79.9. The second-order valence-electron chi connectivity index (χ2n) is 5.54. The Morgan fingerprint density at radius 2 is 1.90 bits per heavy atom. The predicted octanol–water partition coefficient (Wildman–Crippen LogP) is 4.05. The van der Waals surface area contributed by atoms with E-state index in [4.69, 9.17) is 0 Å². The molecule has 0 heterocycles. The summed E-state index contributed by atoms with van der Waals surface area (Å²) < 4.78 is 0.545. The first-order chi connectivity index (χ1) is 9.73. The molecule has 21 heavy (non-hydrogen) atoms. The Balaban J connectivity index is 3.04. The number of benzene rings is 1. The van der Waals surface area contributed by atoms with Gasteiger partial charge in [0.05, 0.1) is 11.3 Å². The molecule has 0 saturated carbocycles. The third kappa shape index (κ3) is 4.74. The lowest BCUT2D eigenvalue weighted by molar-refractivity contribution is 0.0698. The van der Waals surface area contributed by atoms with E-state index < -0.39 is 5.97 Å². The van der Waals surface area contributed by atoms with Crippen molar-refractivity contribution in [3.05, 3.63) is 28.2 Å². The van der Waals surface area contributed by atoms with Crippen molar-refractivity contribution in [1.29, 1.82) is 0 Å². The third-order valence-corrected chi connectivity index (χ3v) is 3.58. The van der Waals surface area contributed by atoms with Crippen LogP contribution in [0.3, 0.4) is 0 Å². The molecule has 0 aliphatic carbocycles. The maximum Gasteiger partial charge on any atom is 0.337 e. The van der Waals surface area contributed by atoms with Gasteiger partial charge in [-0.05, 0) is 47.8 Å². The van der Waals surface area contributed by atoms with E-state index in [1.165, 1.54) is 6.07 Å². The van der Waals surface area contributed by atoms with Crippen LogP contribution in [0.5, 0.6) is 0 Å². The SMILES string of the molecule is CC(C)CN(C(=O)Nc1c(Br)cccc1C(=O)O)C(C)C. The van der Waals surface area contributed by atoms with Gasteiger partial charge in [-0.2, -0.15) is 0 Å². The van der Waals surface area contributed by atoms with Crippen molar-refractivity contribution in [1.82, 2.24) is 4.90 Å². The lowest BCUT2D eigenvalue weighted by Gasteiger charge is -2.29. The van der Waals surface area contributed by atoms with Crippen LogP contribution in [0, 0.1) is 5.92 Å². The fourth-order valence-electron chi connectivity index (χ4n) is 1.93. The van der Waals surface area contributed by atoms with Gasteiger partial charge in [-0.15, -0.1) is 0 Å². The number of amides is 2. The predicted molar refractivity (Wildman–Crippen MR) is 86.8 cm³/mol. The maximum atomic E-state index is 12.4. The van der Waals surface area contributed by atoms with Crippen molar-refractivity contribution < 1.29 is 14.7 Å². The number of anilines is 1. The van der Waals surface area contributed by atoms with Crippen LogP contribution >= 0.6 is 15.9 Å². The largest absolute Gasteiger partial charge is 0.478 e. The van der Waals surface area contributed by atoms with Crippen LogP contribution in [-0.4, -0.2) is 34.6 Å². The van der Waals surface area contributed by atoms with E-state index in [0.717, 1.165) is 0 Å². The summed E-state index contributed by atoms with van der Waals surface area (Å²) in [6.07, 6.45) is 0. The molecular weight excluding hydrogens is 336 g/mol. The fraction of sp³-hybridized carbons (Fsp3) is 0.467. The number of para-hydroxylation sites is 1. The van der Waals surface area contributed by atoms with Gasteiger partial charge in [-0.1, -0.05) is 19.9 Å². The minimum Gasteiger partial charge on any atom is -0.478 e. The van der Waals surface area contributed by atoms with Crippen LogP contribution in [0.2, 0.25) is 0 Å². The molecule has 0 atom stereocenters. The van der Waals surface area contributed by atoms with Crippen molar-refractivity contribution in [2.45, 2.75) is 33.7 Å². The van der Waals surface area contributed by atoms with E-state index in [9.17, 15) is 14.7 Å². The van der Waals surface area contributed by atoms with Gasteiger partial charge in [-0.3, -0.25) is 0 Å². The van der Waals surface area contributed by atoms with E-state index >= 15 is 0 Å². The van der Waals surface area contributed by atoms with Gasteiger partial charge in [0.15, 0.2) is 0 Å². The molecule has 0 saturated heterocycles. The third-order valence-electron chi connectivity index (χ3n) is 2.92. The van der Waals surface area contributed by atoms with E-state index in [1.807, 2.05) is 27.7 Å². The minimum absolute atomic E-state index is 0.0307. The van der Waals surface area contributed by atoms with Gasteiger partial charge < -0.3 is 15.3 Å². The molecule has 0 aliphatic rings. The lowest BCUT2D eigenvalue weighted by Crippen LogP contribution is -2.42. The van der Waals surface area contributed by atoms with Gasteiger partial charge in [0.2, 0.25) is 0 Å². The van der Waals surface area contributed by atoms with E-state index in [2.05, 4.69) is 21.2 Å². The summed E-state index contributed by atoms with van der Waals surface area (Å²) in [4.78, 5) is 25.4. The average molecular weight is 357 g/mol. The number of carbonyl (C=O) groups is 2. The molecule has 6 heteroatoms. The van der Waals surface area contributed by atoms with Gasteiger partial charge in [0, 0.05) is 17.1 Å².